The van der Waals surface area contributed by atoms with Crippen LogP contribution in [0.4, 0.5) is 0 Å². The van der Waals surface area contributed by atoms with Gasteiger partial charge < -0.3 is 23.5 Å². The SMILES string of the molecule is COCCN(Cc1ccco1)C(=O)/C=C/c1cc(OC)cc(OC)c1. The van der Waals surface area contributed by atoms with Gasteiger partial charge >= 0.3 is 0 Å². The van der Waals surface area contributed by atoms with Crippen molar-refractivity contribution in [3.05, 3.63) is 54.0 Å². The summed E-state index contributed by atoms with van der Waals surface area (Å²) in [5, 5.41) is 0. The Morgan fingerprint density at radius 3 is 2.44 bits per heavy atom. The predicted octanol–water partition coefficient (Wildman–Crippen LogP) is 2.99. The van der Waals surface area contributed by atoms with Crippen LogP contribution < -0.4 is 9.47 Å². The van der Waals surface area contributed by atoms with Crippen LogP contribution in [0.3, 0.4) is 0 Å². The van der Waals surface area contributed by atoms with E-state index in [0.29, 0.717) is 31.2 Å². The Morgan fingerprint density at radius 2 is 1.88 bits per heavy atom. The normalized spacial score (nSPS) is 10.8. The zero-order chi connectivity index (χ0) is 18.1. The second kappa shape index (κ2) is 9.54. The minimum absolute atomic E-state index is 0.129. The van der Waals surface area contributed by atoms with Crippen LogP contribution in [0.5, 0.6) is 11.5 Å². The van der Waals surface area contributed by atoms with E-state index in [0.717, 1.165) is 11.3 Å². The number of methoxy groups -OCH3 is 3. The minimum atomic E-state index is -0.129. The second-order valence-corrected chi connectivity index (χ2v) is 5.31. The van der Waals surface area contributed by atoms with E-state index in [4.69, 9.17) is 18.6 Å². The van der Waals surface area contributed by atoms with Gasteiger partial charge in [0.2, 0.25) is 5.91 Å². The molecule has 0 N–H and O–H groups in total. The molecule has 1 amide bonds. The lowest BCUT2D eigenvalue weighted by Gasteiger charge is -2.19. The summed E-state index contributed by atoms with van der Waals surface area (Å²) in [4.78, 5) is 14.2. The first-order valence-electron chi connectivity index (χ1n) is 7.87. The van der Waals surface area contributed by atoms with Crippen LogP contribution in [-0.2, 0) is 16.1 Å². The highest BCUT2D eigenvalue weighted by molar-refractivity contribution is 5.91. The Kier molecular flexibility index (Phi) is 7.10. The first-order valence-corrected chi connectivity index (χ1v) is 7.87. The lowest BCUT2D eigenvalue weighted by Crippen LogP contribution is -2.31. The number of carbonyl (C=O) groups is 1. The van der Waals surface area contributed by atoms with E-state index in [1.165, 1.54) is 6.08 Å². The van der Waals surface area contributed by atoms with E-state index in [-0.39, 0.29) is 5.91 Å². The maximum atomic E-state index is 12.5. The van der Waals surface area contributed by atoms with E-state index in [2.05, 4.69) is 0 Å². The maximum absolute atomic E-state index is 12.5. The molecule has 0 atom stereocenters. The molecule has 2 rings (SSSR count). The Labute approximate surface area is 147 Å². The van der Waals surface area contributed by atoms with Gasteiger partial charge in [0.25, 0.3) is 0 Å². The van der Waals surface area contributed by atoms with Gasteiger partial charge in [-0.2, -0.15) is 0 Å². The number of furan rings is 1. The molecule has 1 aromatic carbocycles. The van der Waals surface area contributed by atoms with Crippen LogP contribution in [0.25, 0.3) is 6.08 Å². The van der Waals surface area contributed by atoms with Crippen molar-refractivity contribution in [2.24, 2.45) is 0 Å². The van der Waals surface area contributed by atoms with Gasteiger partial charge in [0.05, 0.1) is 33.6 Å². The third-order valence-corrected chi connectivity index (χ3v) is 3.60. The molecule has 25 heavy (non-hydrogen) atoms. The molecule has 0 saturated heterocycles. The summed E-state index contributed by atoms with van der Waals surface area (Å²) >= 11 is 0. The summed E-state index contributed by atoms with van der Waals surface area (Å²) in [6, 6.07) is 9.08. The minimum Gasteiger partial charge on any atom is -0.497 e. The fraction of sp³-hybridized carbons (Fsp3) is 0.316. The van der Waals surface area contributed by atoms with Crippen molar-refractivity contribution in [2.45, 2.75) is 6.54 Å². The van der Waals surface area contributed by atoms with Gasteiger partial charge in [-0.05, 0) is 35.9 Å². The van der Waals surface area contributed by atoms with Crippen LogP contribution >= 0.6 is 0 Å². The average molecular weight is 345 g/mol. The summed E-state index contributed by atoms with van der Waals surface area (Å²) in [5.41, 5.74) is 0.814. The number of hydrogen-bond donors (Lipinski definition) is 0. The van der Waals surface area contributed by atoms with E-state index < -0.39 is 0 Å². The van der Waals surface area contributed by atoms with Crippen LogP contribution in [0.1, 0.15) is 11.3 Å². The van der Waals surface area contributed by atoms with Crippen molar-refractivity contribution < 1.29 is 23.4 Å². The number of carbonyl (C=O) groups excluding carboxylic acids is 1. The third-order valence-electron chi connectivity index (χ3n) is 3.60. The first-order chi connectivity index (χ1) is 12.2. The summed E-state index contributed by atoms with van der Waals surface area (Å²) < 4.78 is 20.9. The highest BCUT2D eigenvalue weighted by Gasteiger charge is 2.12. The largest absolute Gasteiger partial charge is 0.497 e. The fourth-order valence-corrected chi connectivity index (χ4v) is 2.26. The standard InChI is InChI=1S/C19H23NO5/c1-22-10-8-20(14-16-5-4-9-25-16)19(21)7-6-15-11-17(23-2)13-18(12-15)24-3/h4-7,9,11-13H,8,10,14H2,1-3H3/b7-6+. The first kappa shape index (κ1) is 18.6. The molecule has 6 heteroatoms. The Morgan fingerprint density at radius 1 is 1.16 bits per heavy atom. The van der Waals surface area contributed by atoms with Crippen LogP contribution in [0.2, 0.25) is 0 Å². The molecular weight excluding hydrogens is 322 g/mol. The Balaban J connectivity index is 2.11. The predicted molar refractivity (Wildman–Crippen MR) is 94.6 cm³/mol. The fourth-order valence-electron chi connectivity index (χ4n) is 2.26. The highest BCUT2D eigenvalue weighted by atomic mass is 16.5. The number of ether oxygens (including phenoxy) is 3. The van der Waals surface area contributed by atoms with Gasteiger partial charge in [0.1, 0.15) is 17.3 Å². The molecule has 0 fully saturated rings. The van der Waals surface area contributed by atoms with E-state index in [9.17, 15) is 4.79 Å². The number of nitrogens with zero attached hydrogens (tertiary/aromatic N) is 1. The third kappa shape index (κ3) is 5.69. The summed E-state index contributed by atoms with van der Waals surface area (Å²) in [6.07, 6.45) is 4.84. The summed E-state index contributed by atoms with van der Waals surface area (Å²) in [5.74, 6) is 1.92. The zero-order valence-corrected chi connectivity index (χ0v) is 14.7. The average Bonchev–Trinajstić information content (AvgIpc) is 3.15. The van der Waals surface area contributed by atoms with Gasteiger partial charge in [-0.1, -0.05) is 0 Å². The van der Waals surface area contributed by atoms with Crippen molar-refractivity contribution in [3.63, 3.8) is 0 Å². The number of hydrogen-bond acceptors (Lipinski definition) is 5. The number of rotatable bonds is 9. The van der Waals surface area contributed by atoms with Crippen LogP contribution in [-0.4, -0.2) is 45.3 Å². The Bertz CT molecular complexity index is 672. The van der Waals surface area contributed by atoms with Gasteiger partial charge in [-0.15, -0.1) is 0 Å². The molecule has 1 heterocycles. The van der Waals surface area contributed by atoms with Gasteiger partial charge in [-0.25, -0.2) is 0 Å². The molecule has 0 spiro atoms. The molecule has 0 aliphatic heterocycles. The van der Waals surface area contributed by atoms with Crippen molar-refractivity contribution in [3.8, 4) is 11.5 Å². The molecule has 0 aliphatic rings. The molecular formula is C19H23NO5. The molecule has 0 aliphatic carbocycles. The van der Waals surface area contributed by atoms with Crippen LogP contribution in [0, 0.1) is 0 Å². The van der Waals surface area contributed by atoms with Crippen molar-refractivity contribution in [1.82, 2.24) is 4.90 Å². The van der Waals surface area contributed by atoms with Gasteiger partial charge in [0.15, 0.2) is 0 Å². The molecule has 134 valence electrons. The lowest BCUT2D eigenvalue weighted by atomic mass is 10.2. The number of benzene rings is 1. The smallest absolute Gasteiger partial charge is 0.247 e. The Hall–Kier alpha value is -2.73. The van der Waals surface area contributed by atoms with Crippen molar-refractivity contribution >= 4 is 12.0 Å². The molecule has 0 unspecified atom stereocenters. The van der Waals surface area contributed by atoms with Crippen LogP contribution in [0.15, 0.2) is 47.1 Å². The summed E-state index contributed by atoms with van der Waals surface area (Å²) in [7, 11) is 4.78. The van der Waals surface area contributed by atoms with E-state index >= 15 is 0 Å². The quantitative estimate of drug-likeness (QED) is 0.654. The van der Waals surface area contributed by atoms with E-state index in [1.807, 2.05) is 18.2 Å². The van der Waals surface area contributed by atoms with Crippen molar-refractivity contribution in [1.29, 1.82) is 0 Å². The molecule has 6 nitrogen and oxygen atoms in total. The molecule has 0 saturated carbocycles. The van der Waals surface area contributed by atoms with E-state index in [1.54, 1.807) is 50.7 Å². The lowest BCUT2D eigenvalue weighted by molar-refractivity contribution is -0.127. The summed E-state index contributed by atoms with van der Waals surface area (Å²) in [6.45, 7) is 1.32. The zero-order valence-electron chi connectivity index (χ0n) is 14.7. The monoisotopic (exact) mass is 345 g/mol. The molecule has 0 radical (unpaired) electrons. The molecule has 1 aromatic heterocycles. The molecule has 0 bridgehead atoms. The topological polar surface area (TPSA) is 61.1 Å². The maximum Gasteiger partial charge on any atom is 0.247 e. The van der Waals surface area contributed by atoms with Gasteiger partial charge in [-0.3, -0.25) is 4.79 Å². The highest BCUT2D eigenvalue weighted by Crippen LogP contribution is 2.23. The second-order valence-electron chi connectivity index (χ2n) is 5.31. The van der Waals surface area contributed by atoms with Gasteiger partial charge in [0, 0.05) is 25.8 Å². The van der Waals surface area contributed by atoms with Crippen molar-refractivity contribution in [2.75, 3.05) is 34.5 Å². The molecule has 2 aromatic rings. The number of amides is 1.